The summed E-state index contributed by atoms with van der Waals surface area (Å²) in [7, 11) is 2.00. The summed E-state index contributed by atoms with van der Waals surface area (Å²) in [5, 5.41) is 6.36. The molecule has 7 nitrogen and oxygen atoms in total. The van der Waals surface area contributed by atoms with Crippen LogP contribution in [0.1, 0.15) is 17.2 Å². The molecule has 34 heavy (non-hydrogen) atoms. The molecule has 1 aromatic heterocycles. The molecule has 4 rings (SSSR count). The van der Waals surface area contributed by atoms with Crippen molar-refractivity contribution in [3.05, 3.63) is 89.2 Å². The highest BCUT2D eigenvalue weighted by molar-refractivity contribution is 6.30. The lowest BCUT2D eigenvalue weighted by molar-refractivity contribution is -0.120. The Kier molecular flexibility index (Phi) is 7.25. The predicted octanol–water partition coefficient (Wildman–Crippen LogP) is 4.25. The smallest absolute Gasteiger partial charge is 0.248 e. The number of nitrogen functional groups attached to an aromatic ring is 1. The van der Waals surface area contributed by atoms with Crippen molar-refractivity contribution in [3.63, 3.8) is 0 Å². The lowest BCUT2D eigenvalue weighted by atomic mass is 9.91. The van der Waals surface area contributed by atoms with E-state index in [1.165, 1.54) is 6.08 Å². The van der Waals surface area contributed by atoms with E-state index in [1.54, 1.807) is 48.7 Å². The number of hydrogen-bond donors (Lipinski definition) is 3. The highest BCUT2D eigenvalue weighted by Crippen LogP contribution is 2.32. The maximum absolute atomic E-state index is 13.0. The third-order valence-electron chi connectivity index (χ3n) is 5.79. The molecule has 1 aliphatic heterocycles. The fraction of sp³-hybridized carbons (Fsp3) is 0.192. The van der Waals surface area contributed by atoms with Gasteiger partial charge in [0.1, 0.15) is 0 Å². The van der Waals surface area contributed by atoms with Gasteiger partial charge in [-0.15, -0.1) is 0 Å². The van der Waals surface area contributed by atoms with Crippen molar-refractivity contribution in [2.75, 3.05) is 36.5 Å². The molecular weight excluding hydrogens is 450 g/mol. The van der Waals surface area contributed by atoms with Gasteiger partial charge in [-0.1, -0.05) is 29.8 Å². The number of nitrogens with zero attached hydrogens (tertiary/aromatic N) is 2. The number of halogens is 1. The number of aromatic nitrogens is 1. The molecule has 4 N–H and O–H groups in total. The lowest BCUT2D eigenvalue weighted by Crippen LogP contribution is -2.28. The summed E-state index contributed by atoms with van der Waals surface area (Å²) in [6.07, 6.45) is 4.84. The van der Waals surface area contributed by atoms with Gasteiger partial charge in [0.15, 0.2) is 0 Å². The van der Waals surface area contributed by atoms with Crippen molar-refractivity contribution in [2.24, 2.45) is 5.92 Å². The second-order valence-corrected chi connectivity index (χ2v) is 8.79. The molecule has 1 fully saturated rings. The van der Waals surface area contributed by atoms with E-state index in [9.17, 15) is 9.59 Å². The molecule has 0 spiro atoms. The molecule has 3 aromatic rings. The van der Waals surface area contributed by atoms with Crippen LogP contribution in [0, 0.1) is 5.92 Å². The van der Waals surface area contributed by atoms with Crippen molar-refractivity contribution >= 4 is 46.6 Å². The summed E-state index contributed by atoms with van der Waals surface area (Å²) >= 11 is 5.93. The van der Waals surface area contributed by atoms with E-state index >= 15 is 0 Å². The van der Waals surface area contributed by atoms with Gasteiger partial charge in [-0.2, -0.15) is 0 Å². The Bertz CT molecular complexity index is 1190. The van der Waals surface area contributed by atoms with Crippen LogP contribution in [-0.2, 0) is 9.59 Å². The molecule has 1 aliphatic rings. The Balaban J connectivity index is 1.40. The first-order valence-corrected chi connectivity index (χ1v) is 11.3. The molecule has 0 radical (unpaired) electrons. The van der Waals surface area contributed by atoms with Crippen LogP contribution in [-0.4, -0.2) is 41.8 Å². The van der Waals surface area contributed by atoms with Crippen molar-refractivity contribution in [3.8, 4) is 0 Å². The summed E-state index contributed by atoms with van der Waals surface area (Å²) in [4.78, 5) is 31.9. The number of nitrogens with one attached hydrogen (secondary N) is 2. The molecule has 2 atom stereocenters. The number of benzene rings is 2. The van der Waals surface area contributed by atoms with Crippen LogP contribution in [0.15, 0.2) is 72.9 Å². The number of amides is 2. The Morgan fingerprint density at radius 2 is 1.82 bits per heavy atom. The predicted molar refractivity (Wildman–Crippen MR) is 137 cm³/mol. The average molecular weight is 476 g/mol. The first-order valence-electron chi connectivity index (χ1n) is 10.9. The molecular formula is C26H26ClN5O2. The zero-order valence-corrected chi connectivity index (χ0v) is 19.5. The molecule has 2 heterocycles. The van der Waals surface area contributed by atoms with Gasteiger partial charge in [-0.3, -0.25) is 14.6 Å². The fourth-order valence-corrected chi connectivity index (χ4v) is 4.15. The summed E-state index contributed by atoms with van der Waals surface area (Å²) in [6, 6.07) is 18.0. The van der Waals surface area contributed by atoms with E-state index in [0.717, 1.165) is 17.8 Å². The highest BCUT2D eigenvalue weighted by atomic mass is 35.5. The average Bonchev–Trinajstić information content (AvgIpc) is 3.23. The standard InChI is InChI=1S/C26H26ClN5O2/c1-32-15-20(21(16-32)26(34)30-19-10-8-18(27)9-11-19)23-12-6-17(14-29-23)7-13-25(33)31-24-5-3-2-4-22(24)28/h2-14,20-21H,15-16,28H2,1H3,(H,30,34)(H,31,33)/b13-7+/t20-,21-/m0/s1. The summed E-state index contributed by atoms with van der Waals surface area (Å²) in [5.74, 6) is -0.575. The van der Waals surface area contributed by atoms with Crippen LogP contribution in [0.25, 0.3) is 6.08 Å². The van der Waals surface area contributed by atoms with Crippen LogP contribution >= 0.6 is 11.6 Å². The topological polar surface area (TPSA) is 100 Å². The molecule has 0 bridgehead atoms. The Morgan fingerprint density at radius 1 is 1.06 bits per heavy atom. The third-order valence-corrected chi connectivity index (χ3v) is 6.04. The molecule has 2 amide bonds. The lowest BCUT2D eigenvalue weighted by Gasteiger charge is -2.18. The minimum Gasteiger partial charge on any atom is -0.397 e. The summed E-state index contributed by atoms with van der Waals surface area (Å²) in [6.45, 7) is 1.39. The number of nitrogens with two attached hydrogens (primary N) is 1. The van der Waals surface area contributed by atoms with Crippen molar-refractivity contribution in [1.29, 1.82) is 0 Å². The van der Waals surface area contributed by atoms with Gasteiger partial charge in [0.25, 0.3) is 0 Å². The van der Waals surface area contributed by atoms with Crippen LogP contribution < -0.4 is 16.4 Å². The molecule has 174 valence electrons. The van der Waals surface area contributed by atoms with Crippen LogP contribution in [0.3, 0.4) is 0 Å². The van der Waals surface area contributed by atoms with Crippen molar-refractivity contribution in [1.82, 2.24) is 9.88 Å². The normalized spacial score (nSPS) is 18.2. The number of likely N-dealkylation sites (N-methyl/N-ethyl adjacent to an activating group) is 1. The molecule has 2 aromatic carbocycles. The maximum Gasteiger partial charge on any atom is 0.248 e. The van der Waals surface area contributed by atoms with Gasteiger partial charge < -0.3 is 21.3 Å². The number of pyridine rings is 1. The monoisotopic (exact) mass is 475 g/mol. The number of hydrogen-bond acceptors (Lipinski definition) is 5. The second kappa shape index (κ2) is 10.5. The number of carbonyl (C=O) groups is 2. The zero-order valence-electron chi connectivity index (χ0n) is 18.7. The van der Waals surface area contributed by atoms with E-state index in [0.29, 0.717) is 28.6 Å². The minimum atomic E-state index is -0.279. The molecule has 8 heteroatoms. The van der Waals surface area contributed by atoms with Gasteiger partial charge in [-0.05, 0) is 61.2 Å². The van der Waals surface area contributed by atoms with Crippen LogP contribution in [0.5, 0.6) is 0 Å². The largest absolute Gasteiger partial charge is 0.397 e. The van der Waals surface area contributed by atoms with Crippen LogP contribution in [0.4, 0.5) is 17.1 Å². The Morgan fingerprint density at radius 3 is 2.53 bits per heavy atom. The summed E-state index contributed by atoms with van der Waals surface area (Å²) in [5.41, 5.74) is 9.28. The van der Waals surface area contributed by atoms with E-state index in [2.05, 4.69) is 20.5 Å². The Hall–Kier alpha value is -3.68. The van der Waals surface area contributed by atoms with E-state index in [-0.39, 0.29) is 23.7 Å². The molecule has 1 saturated heterocycles. The fourth-order valence-electron chi connectivity index (χ4n) is 4.03. The number of rotatable bonds is 6. The van der Waals surface area contributed by atoms with E-state index < -0.39 is 0 Å². The Labute approximate surface area is 203 Å². The minimum absolute atomic E-state index is 0.0281. The zero-order chi connectivity index (χ0) is 24.1. The number of anilines is 3. The number of carbonyl (C=O) groups excluding carboxylic acids is 2. The molecule has 0 unspecified atom stereocenters. The van der Waals surface area contributed by atoms with Crippen LogP contribution in [0.2, 0.25) is 5.02 Å². The van der Waals surface area contributed by atoms with Crippen molar-refractivity contribution in [2.45, 2.75) is 5.92 Å². The summed E-state index contributed by atoms with van der Waals surface area (Å²) < 4.78 is 0. The van der Waals surface area contributed by atoms with Gasteiger partial charge >= 0.3 is 0 Å². The van der Waals surface area contributed by atoms with Gasteiger partial charge in [0, 0.05) is 47.7 Å². The first-order chi connectivity index (χ1) is 16.4. The van der Waals surface area contributed by atoms with Gasteiger partial charge in [0.05, 0.1) is 17.3 Å². The van der Waals surface area contributed by atoms with E-state index in [1.807, 2.05) is 31.3 Å². The maximum atomic E-state index is 13.0. The second-order valence-electron chi connectivity index (χ2n) is 8.36. The highest BCUT2D eigenvalue weighted by Gasteiger charge is 2.37. The first kappa shape index (κ1) is 23.5. The quantitative estimate of drug-likeness (QED) is 0.365. The van der Waals surface area contributed by atoms with Crippen molar-refractivity contribution < 1.29 is 9.59 Å². The molecule has 0 aliphatic carbocycles. The van der Waals surface area contributed by atoms with Gasteiger partial charge in [-0.25, -0.2) is 0 Å². The number of para-hydroxylation sites is 2. The third kappa shape index (κ3) is 5.81. The molecule has 0 saturated carbocycles. The SMILES string of the molecule is CN1C[C@H](C(=O)Nc2ccc(Cl)cc2)[C@@H](c2ccc(/C=C/C(=O)Nc3ccccc3N)cn2)C1. The van der Waals surface area contributed by atoms with E-state index in [4.69, 9.17) is 17.3 Å². The number of likely N-dealkylation sites (tertiary alicyclic amines) is 1. The van der Waals surface area contributed by atoms with Gasteiger partial charge in [0.2, 0.25) is 11.8 Å².